The molecule has 12 heteroatoms. The summed E-state index contributed by atoms with van der Waals surface area (Å²) >= 11 is 0. The Balaban J connectivity index is 2.23. The molecule has 3 N–H and O–H groups in total. The molecule has 0 saturated heterocycles. The van der Waals surface area contributed by atoms with Gasteiger partial charge in [-0.2, -0.15) is 13.2 Å². The van der Waals surface area contributed by atoms with Crippen molar-refractivity contribution in [2.24, 2.45) is 0 Å². The Morgan fingerprint density at radius 2 is 1.83 bits per heavy atom. The van der Waals surface area contributed by atoms with Crippen molar-refractivity contribution in [1.82, 2.24) is 14.9 Å². The molecular weight excluding hydrogens is 397 g/mol. The number of methoxy groups -OCH3 is 1. The number of hydrogen-bond donors (Lipinski definition) is 3. The molecule has 1 aromatic carbocycles. The summed E-state index contributed by atoms with van der Waals surface area (Å²) in [5, 5.41) is 3.48. The molecule has 154 valence electrons. The number of hydrogen-bond acceptors (Lipinski definition) is 5. The van der Waals surface area contributed by atoms with Gasteiger partial charge in [-0.3, -0.25) is 23.9 Å². The molecule has 29 heavy (non-hydrogen) atoms. The molecule has 1 aliphatic rings. The number of amides is 2. The van der Waals surface area contributed by atoms with E-state index in [4.69, 9.17) is 4.74 Å². The summed E-state index contributed by atoms with van der Waals surface area (Å²) in [6.45, 7) is 0.524. The van der Waals surface area contributed by atoms with Crippen LogP contribution in [-0.4, -0.2) is 34.7 Å². The largest absolute Gasteiger partial charge is 0.497 e. The molecule has 0 saturated carbocycles. The number of ether oxygens (including phenoxy) is 1. The number of nitrogens with one attached hydrogen (secondary N) is 3. The molecule has 0 unspecified atom stereocenters. The van der Waals surface area contributed by atoms with E-state index in [0.717, 1.165) is 11.5 Å². The van der Waals surface area contributed by atoms with Gasteiger partial charge >= 0.3 is 11.9 Å². The van der Waals surface area contributed by atoms with E-state index in [1.165, 1.54) is 12.4 Å². The van der Waals surface area contributed by atoms with Crippen LogP contribution in [0, 0.1) is 0 Å². The molecule has 2 amide bonds. The van der Waals surface area contributed by atoms with Gasteiger partial charge in [-0.05, 0) is 17.7 Å². The molecule has 2 heterocycles. The van der Waals surface area contributed by atoms with Gasteiger partial charge < -0.3 is 15.4 Å². The summed E-state index contributed by atoms with van der Waals surface area (Å²) in [6, 6.07) is 6.26. The Morgan fingerprint density at radius 1 is 1.21 bits per heavy atom. The minimum absolute atomic E-state index is 0.254. The number of carbonyl (C=O) groups excluding carboxylic acids is 2. The van der Waals surface area contributed by atoms with Crippen LogP contribution in [-0.2, 0) is 21.7 Å². The van der Waals surface area contributed by atoms with E-state index < -0.39 is 46.2 Å². The fourth-order valence-corrected chi connectivity index (χ4v) is 3.15. The van der Waals surface area contributed by atoms with Crippen molar-refractivity contribution >= 4 is 17.6 Å². The summed E-state index contributed by atoms with van der Waals surface area (Å²) in [6.07, 6.45) is -5.34. The zero-order valence-corrected chi connectivity index (χ0v) is 15.1. The highest BCUT2D eigenvalue weighted by Gasteiger charge is 2.68. The molecule has 2 aromatic rings. The van der Waals surface area contributed by atoms with Crippen LogP contribution in [0.15, 0.2) is 33.9 Å². The van der Waals surface area contributed by atoms with Crippen molar-refractivity contribution in [3.8, 4) is 5.75 Å². The second kappa shape index (κ2) is 6.79. The first-order chi connectivity index (χ1) is 13.5. The Bertz CT molecular complexity index is 1100. The van der Waals surface area contributed by atoms with Crippen LogP contribution < -0.4 is 26.6 Å². The van der Waals surface area contributed by atoms with Gasteiger partial charge in [-0.25, -0.2) is 4.79 Å². The number of anilines is 1. The fourth-order valence-electron chi connectivity index (χ4n) is 3.15. The van der Waals surface area contributed by atoms with Gasteiger partial charge in [-0.1, -0.05) is 12.1 Å². The third-order valence-electron chi connectivity index (χ3n) is 4.44. The van der Waals surface area contributed by atoms with Crippen molar-refractivity contribution in [2.75, 3.05) is 12.4 Å². The molecule has 3 rings (SSSR count). The van der Waals surface area contributed by atoms with Gasteiger partial charge in [0.2, 0.25) is 11.4 Å². The van der Waals surface area contributed by atoms with Crippen molar-refractivity contribution in [2.45, 2.75) is 25.2 Å². The lowest BCUT2D eigenvalue weighted by atomic mass is 9.92. The molecule has 1 atom stereocenters. The van der Waals surface area contributed by atoms with Gasteiger partial charge in [0.15, 0.2) is 0 Å². The number of alkyl halides is 3. The maximum absolute atomic E-state index is 13.9. The molecule has 0 bridgehead atoms. The number of rotatable bonds is 4. The average molecular weight is 412 g/mol. The first-order valence-corrected chi connectivity index (χ1v) is 8.18. The zero-order chi connectivity index (χ0) is 21.6. The van der Waals surface area contributed by atoms with Crippen molar-refractivity contribution in [1.29, 1.82) is 0 Å². The fraction of sp³-hybridized carbons (Fsp3) is 0.294. The maximum atomic E-state index is 13.9. The Morgan fingerprint density at radius 3 is 2.34 bits per heavy atom. The Labute approximate surface area is 160 Å². The third-order valence-corrected chi connectivity index (χ3v) is 4.44. The molecular formula is C17H15F3N4O5. The minimum atomic E-state index is -5.34. The lowest BCUT2D eigenvalue weighted by Gasteiger charge is -2.29. The molecule has 0 fully saturated rings. The molecule has 0 aliphatic carbocycles. The Kier molecular flexibility index (Phi) is 4.73. The van der Waals surface area contributed by atoms with Crippen molar-refractivity contribution < 1.29 is 27.5 Å². The van der Waals surface area contributed by atoms with E-state index in [9.17, 15) is 32.3 Å². The standard InChI is InChI=1S/C17H15F3N4O5/c1-8(25)23-16(17(18,19)20)11-12(21-14(16)27)24(15(28)22-13(11)26)7-9-3-5-10(29-2)6-4-9/h3-6H,7H2,1-2H3,(H,21,27)(H,23,25)(H,22,26,28)/t16-/m1/s1. The van der Waals surface area contributed by atoms with E-state index in [1.807, 2.05) is 5.32 Å². The van der Waals surface area contributed by atoms with Crippen LogP contribution in [0.1, 0.15) is 18.1 Å². The number of nitrogens with zero attached hydrogens (tertiary/aromatic N) is 1. The molecule has 0 radical (unpaired) electrons. The van der Waals surface area contributed by atoms with Gasteiger partial charge in [0.25, 0.3) is 11.5 Å². The lowest BCUT2D eigenvalue weighted by Crippen LogP contribution is -2.61. The molecule has 9 nitrogen and oxygen atoms in total. The quantitative estimate of drug-likeness (QED) is 0.673. The Hall–Kier alpha value is -3.57. The minimum Gasteiger partial charge on any atom is -0.497 e. The summed E-state index contributed by atoms with van der Waals surface area (Å²) in [7, 11) is 1.45. The maximum Gasteiger partial charge on any atom is 0.425 e. The second-order valence-electron chi connectivity index (χ2n) is 6.30. The summed E-state index contributed by atoms with van der Waals surface area (Å²) in [5.41, 5.74) is -6.68. The number of aromatic amines is 1. The predicted molar refractivity (Wildman–Crippen MR) is 93.6 cm³/mol. The number of H-pyrrole nitrogens is 1. The van der Waals surface area contributed by atoms with Crippen LogP contribution in [0.2, 0.25) is 0 Å². The van der Waals surface area contributed by atoms with Crippen molar-refractivity contribution in [3.05, 3.63) is 56.2 Å². The number of halogens is 3. The van der Waals surface area contributed by atoms with Crippen LogP contribution >= 0.6 is 0 Å². The van der Waals surface area contributed by atoms with E-state index in [-0.39, 0.29) is 6.54 Å². The first-order valence-electron chi connectivity index (χ1n) is 8.18. The summed E-state index contributed by atoms with van der Waals surface area (Å²) < 4.78 is 47.5. The number of fused-ring (bicyclic) bond motifs is 1. The van der Waals surface area contributed by atoms with Crippen LogP contribution in [0.25, 0.3) is 0 Å². The van der Waals surface area contributed by atoms with Crippen LogP contribution in [0.4, 0.5) is 19.0 Å². The van der Waals surface area contributed by atoms with Crippen LogP contribution in [0.3, 0.4) is 0 Å². The molecule has 0 spiro atoms. The predicted octanol–water partition coefficient (Wildman–Crippen LogP) is 0.439. The summed E-state index contributed by atoms with van der Waals surface area (Å²) in [5.74, 6) is -2.99. The first kappa shape index (κ1) is 20.2. The average Bonchev–Trinajstić information content (AvgIpc) is 2.92. The van der Waals surface area contributed by atoms with Gasteiger partial charge in [0.05, 0.1) is 13.7 Å². The SMILES string of the molecule is COc1ccc(Cn2c3c(c(=O)[nH]c2=O)[C@](NC(C)=O)(C(F)(F)F)C(=O)N3)cc1. The second-order valence-corrected chi connectivity index (χ2v) is 6.30. The highest BCUT2D eigenvalue weighted by atomic mass is 19.4. The molecule has 1 aromatic heterocycles. The lowest BCUT2D eigenvalue weighted by molar-refractivity contribution is -0.200. The third kappa shape index (κ3) is 3.15. The normalized spacial score (nSPS) is 18.2. The van der Waals surface area contributed by atoms with E-state index in [2.05, 4.69) is 0 Å². The molecule has 1 aliphatic heterocycles. The number of benzene rings is 1. The van der Waals surface area contributed by atoms with Gasteiger partial charge in [0, 0.05) is 6.92 Å². The number of carbonyl (C=O) groups is 2. The van der Waals surface area contributed by atoms with Gasteiger partial charge in [-0.15, -0.1) is 0 Å². The van der Waals surface area contributed by atoms with E-state index in [0.29, 0.717) is 11.3 Å². The van der Waals surface area contributed by atoms with E-state index in [1.54, 1.807) is 29.2 Å². The topological polar surface area (TPSA) is 122 Å². The van der Waals surface area contributed by atoms with Gasteiger partial charge in [0.1, 0.15) is 17.1 Å². The smallest absolute Gasteiger partial charge is 0.425 e. The van der Waals surface area contributed by atoms with Crippen LogP contribution in [0.5, 0.6) is 5.75 Å². The summed E-state index contributed by atoms with van der Waals surface area (Å²) in [4.78, 5) is 50.1. The zero-order valence-electron chi connectivity index (χ0n) is 15.1. The van der Waals surface area contributed by atoms with E-state index >= 15 is 0 Å². The monoisotopic (exact) mass is 412 g/mol. The number of aromatic nitrogens is 2. The highest BCUT2D eigenvalue weighted by Crippen LogP contribution is 2.44. The highest BCUT2D eigenvalue weighted by molar-refractivity contribution is 6.07. The van der Waals surface area contributed by atoms with Crippen molar-refractivity contribution in [3.63, 3.8) is 0 Å².